The van der Waals surface area contributed by atoms with Crippen molar-refractivity contribution in [2.75, 3.05) is 5.32 Å². The number of hydrogen-bond donors (Lipinski definition) is 2. The normalized spacial score (nSPS) is 11.8. The van der Waals surface area contributed by atoms with Gasteiger partial charge in [-0.2, -0.15) is 13.2 Å². The number of nitrogens with zero attached hydrogens (tertiary/aromatic N) is 3. The maximum absolute atomic E-state index is 13.9. The second-order valence-corrected chi connectivity index (χ2v) is 4.45. The zero-order chi connectivity index (χ0) is 15.7. The van der Waals surface area contributed by atoms with Crippen LogP contribution >= 0.6 is 0 Å². The topological polar surface area (TPSA) is 66.5 Å². The SMILES string of the molecule is Fc1c(CNc2ncnc3[nH]cnc23)cccc1C(F)(F)F. The van der Waals surface area contributed by atoms with Crippen molar-refractivity contribution in [1.82, 2.24) is 19.9 Å². The Labute approximate surface area is 121 Å². The Hall–Kier alpha value is -2.71. The van der Waals surface area contributed by atoms with Gasteiger partial charge >= 0.3 is 6.18 Å². The zero-order valence-corrected chi connectivity index (χ0v) is 10.9. The van der Waals surface area contributed by atoms with Crippen LogP contribution in [-0.4, -0.2) is 19.9 Å². The Morgan fingerprint density at radius 3 is 2.73 bits per heavy atom. The summed E-state index contributed by atoms with van der Waals surface area (Å²) in [6.45, 7) is -0.158. The monoisotopic (exact) mass is 311 g/mol. The first kappa shape index (κ1) is 14.2. The van der Waals surface area contributed by atoms with Crippen molar-refractivity contribution in [3.63, 3.8) is 0 Å². The smallest absolute Gasteiger partial charge is 0.364 e. The molecule has 2 N–H and O–H groups in total. The lowest BCUT2D eigenvalue weighted by atomic mass is 10.1. The molecule has 2 aromatic heterocycles. The average molecular weight is 311 g/mol. The molecule has 2 heterocycles. The van der Waals surface area contributed by atoms with E-state index >= 15 is 0 Å². The standard InChI is InChI=1S/C13H9F4N5/c14-9-7(2-1-3-8(9)13(15,16)17)4-18-11-10-12(20-5-19-10)22-6-21-11/h1-3,5-6H,4H2,(H2,18,19,20,21,22). The summed E-state index contributed by atoms with van der Waals surface area (Å²) >= 11 is 0. The molecule has 5 nitrogen and oxygen atoms in total. The molecule has 0 atom stereocenters. The van der Waals surface area contributed by atoms with Crippen molar-refractivity contribution in [3.8, 4) is 0 Å². The molecule has 0 aliphatic rings. The molecule has 22 heavy (non-hydrogen) atoms. The fraction of sp³-hybridized carbons (Fsp3) is 0.154. The van der Waals surface area contributed by atoms with Crippen molar-refractivity contribution in [1.29, 1.82) is 0 Å². The largest absolute Gasteiger partial charge is 0.419 e. The predicted octanol–water partition coefficient (Wildman–Crippen LogP) is 3.12. The highest BCUT2D eigenvalue weighted by molar-refractivity contribution is 5.81. The number of aromatic nitrogens is 4. The Morgan fingerprint density at radius 2 is 1.95 bits per heavy atom. The van der Waals surface area contributed by atoms with E-state index in [-0.39, 0.29) is 12.1 Å². The second-order valence-electron chi connectivity index (χ2n) is 4.45. The fourth-order valence-corrected chi connectivity index (χ4v) is 2.01. The zero-order valence-electron chi connectivity index (χ0n) is 10.9. The molecule has 0 saturated carbocycles. The van der Waals surface area contributed by atoms with E-state index < -0.39 is 17.6 Å². The second kappa shape index (κ2) is 5.24. The molecule has 0 aliphatic heterocycles. The molecule has 3 aromatic rings. The molecule has 114 valence electrons. The van der Waals surface area contributed by atoms with Crippen LogP contribution in [0.15, 0.2) is 30.9 Å². The number of rotatable bonds is 3. The van der Waals surface area contributed by atoms with Gasteiger partial charge in [0.2, 0.25) is 0 Å². The number of alkyl halides is 3. The molecule has 0 radical (unpaired) electrons. The summed E-state index contributed by atoms with van der Waals surface area (Å²) in [5.41, 5.74) is -0.506. The first-order chi connectivity index (χ1) is 10.5. The van der Waals surface area contributed by atoms with Gasteiger partial charge in [0.15, 0.2) is 11.5 Å². The third-order valence-corrected chi connectivity index (χ3v) is 3.05. The van der Waals surface area contributed by atoms with E-state index in [9.17, 15) is 17.6 Å². The Balaban J connectivity index is 1.87. The third kappa shape index (κ3) is 2.57. The Kier molecular flexibility index (Phi) is 3.39. The van der Waals surface area contributed by atoms with E-state index in [2.05, 4.69) is 25.3 Å². The van der Waals surface area contributed by atoms with Gasteiger partial charge in [0.1, 0.15) is 17.7 Å². The van der Waals surface area contributed by atoms with Gasteiger partial charge in [-0.1, -0.05) is 12.1 Å². The Morgan fingerprint density at radius 1 is 1.14 bits per heavy atom. The minimum atomic E-state index is -4.73. The van der Waals surface area contributed by atoms with Crippen molar-refractivity contribution < 1.29 is 17.6 Å². The van der Waals surface area contributed by atoms with Gasteiger partial charge in [-0.25, -0.2) is 19.3 Å². The van der Waals surface area contributed by atoms with E-state index in [1.165, 1.54) is 18.7 Å². The molecule has 0 aliphatic carbocycles. The van der Waals surface area contributed by atoms with Crippen LogP contribution in [0.3, 0.4) is 0 Å². The molecule has 0 fully saturated rings. The summed E-state index contributed by atoms with van der Waals surface area (Å²) in [6, 6.07) is 3.14. The molecule has 0 spiro atoms. The van der Waals surface area contributed by atoms with Crippen LogP contribution in [0.5, 0.6) is 0 Å². The van der Waals surface area contributed by atoms with E-state index in [0.29, 0.717) is 23.0 Å². The van der Waals surface area contributed by atoms with Crippen LogP contribution in [0, 0.1) is 5.82 Å². The maximum Gasteiger partial charge on any atom is 0.419 e. The molecule has 0 amide bonds. The van der Waals surface area contributed by atoms with Crippen molar-refractivity contribution >= 4 is 17.0 Å². The van der Waals surface area contributed by atoms with Crippen LogP contribution in [0.4, 0.5) is 23.4 Å². The van der Waals surface area contributed by atoms with Crippen LogP contribution in [-0.2, 0) is 12.7 Å². The first-order valence-corrected chi connectivity index (χ1v) is 6.19. The molecule has 0 bridgehead atoms. The number of fused-ring (bicyclic) bond motifs is 1. The van der Waals surface area contributed by atoms with Gasteiger partial charge in [-0.3, -0.25) is 0 Å². The molecule has 0 unspecified atom stereocenters. The number of nitrogens with one attached hydrogen (secondary N) is 2. The highest BCUT2D eigenvalue weighted by Gasteiger charge is 2.34. The summed E-state index contributed by atoms with van der Waals surface area (Å²) in [5, 5.41) is 2.77. The van der Waals surface area contributed by atoms with E-state index in [4.69, 9.17) is 0 Å². The number of imidazole rings is 1. The van der Waals surface area contributed by atoms with Crippen LogP contribution in [0.25, 0.3) is 11.2 Å². The van der Waals surface area contributed by atoms with Crippen LogP contribution in [0.2, 0.25) is 0 Å². The maximum atomic E-state index is 13.9. The molecular weight excluding hydrogens is 302 g/mol. The minimum Gasteiger partial charge on any atom is -0.364 e. The van der Waals surface area contributed by atoms with E-state index in [1.54, 1.807) is 0 Å². The number of aromatic amines is 1. The van der Waals surface area contributed by atoms with Gasteiger partial charge in [-0.15, -0.1) is 0 Å². The lowest BCUT2D eigenvalue weighted by Gasteiger charge is -2.12. The highest BCUT2D eigenvalue weighted by atomic mass is 19.4. The van der Waals surface area contributed by atoms with Crippen molar-refractivity contribution in [2.45, 2.75) is 12.7 Å². The fourth-order valence-electron chi connectivity index (χ4n) is 2.01. The summed E-state index contributed by atoms with van der Waals surface area (Å²) in [7, 11) is 0. The number of hydrogen-bond acceptors (Lipinski definition) is 4. The lowest BCUT2D eigenvalue weighted by Crippen LogP contribution is -2.12. The lowest BCUT2D eigenvalue weighted by molar-refractivity contribution is -0.140. The molecule has 3 rings (SSSR count). The van der Waals surface area contributed by atoms with Crippen LogP contribution < -0.4 is 5.32 Å². The summed E-state index contributed by atoms with van der Waals surface area (Å²) < 4.78 is 51.9. The van der Waals surface area contributed by atoms with Gasteiger partial charge in [0, 0.05) is 12.1 Å². The quantitative estimate of drug-likeness (QED) is 0.729. The molecule has 1 aromatic carbocycles. The number of benzene rings is 1. The van der Waals surface area contributed by atoms with E-state index in [1.807, 2.05) is 0 Å². The minimum absolute atomic E-state index is 0.114. The van der Waals surface area contributed by atoms with Gasteiger partial charge in [-0.05, 0) is 6.07 Å². The first-order valence-electron chi connectivity index (χ1n) is 6.19. The number of H-pyrrole nitrogens is 1. The average Bonchev–Trinajstić information content (AvgIpc) is 2.94. The molecular formula is C13H9F4N5. The highest BCUT2D eigenvalue weighted by Crippen LogP contribution is 2.32. The number of halogens is 4. The predicted molar refractivity (Wildman–Crippen MR) is 70.4 cm³/mol. The van der Waals surface area contributed by atoms with Gasteiger partial charge in [0.25, 0.3) is 0 Å². The Bertz CT molecular complexity index is 812. The summed E-state index contributed by atoms with van der Waals surface area (Å²) in [6.07, 6.45) is -2.05. The van der Waals surface area contributed by atoms with E-state index in [0.717, 1.165) is 6.07 Å². The van der Waals surface area contributed by atoms with Crippen molar-refractivity contribution in [2.24, 2.45) is 0 Å². The molecule has 9 heteroatoms. The number of anilines is 1. The van der Waals surface area contributed by atoms with Crippen molar-refractivity contribution in [3.05, 3.63) is 47.8 Å². The summed E-state index contributed by atoms with van der Waals surface area (Å²) in [4.78, 5) is 14.6. The molecule has 0 saturated heterocycles. The third-order valence-electron chi connectivity index (χ3n) is 3.05. The summed E-state index contributed by atoms with van der Waals surface area (Å²) in [5.74, 6) is -0.988. The van der Waals surface area contributed by atoms with Crippen LogP contribution in [0.1, 0.15) is 11.1 Å². The van der Waals surface area contributed by atoms with Gasteiger partial charge in [0.05, 0.1) is 11.9 Å². The van der Waals surface area contributed by atoms with Gasteiger partial charge < -0.3 is 10.3 Å².